The number of fused-ring (bicyclic) bond motifs is 4. The number of halogens is 4. The summed E-state index contributed by atoms with van der Waals surface area (Å²) in [6.07, 6.45) is -10.1. The molecule has 4 aromatic rings. The van der Waals surface area contributed by atoms with E-state index in [1.54, 1.807) is 0 Å². The Kier molecular flexibility index (Phi) is 8.85. The van der Waals surface area contributed by atoms with E-state index in [1.165, 1.54) is 16.7 Å². The van der Waals surface area contributed by atoms with Gasteiger partial charge in [0.15, 0.2) is 29.8 Å². The Hall–Kier alpha value is -1.28. The minimum atomic E-state index is -4.41. The van der Waals surface area contributed by atoms with E-state index < -0.39 is 81.5 Å². The molecule has 3 aliphatic rings. The van der Waals surface area contributed by atoms with E-state index in [4.69, 9.17) is 62.4 Å². The van der Waals surface area contributed by atoms with Gasteiger partial charge in [-0.3, -0.25) is 32.0 Å². The van der Waals surface area contributed by atoms with Gasteiger partial charge >= 0.3 is 13.6 Å². The molecule has 24 heteroatoms. The standard InChI is InChI=1S/C22H20Cl3FN6O10P2S2/c23-7-1-9-10(2-8(7)24)32(22(25)30-9)21-15(33)17-12(40-21)4-38-43(35,45)41-16-11(3-37-44(36,46)42-17)39-20(13(16)26)31-6-29-14-18(31)27-5-28-19(14)34/h1-2,5-6,11-13,15-17,20-21,33H,3-4H2,(H,35,45)(H,36,46)(H,27,28,34)/t11-,12-,13?,15?,16?,17?,20-,21-,43?,44?/m1/s1. The summed E-state index contributed by atoms with van der Waals surface area (Å²) in [4.78, 5) is 26.7. The van der Waals surface area contributed by atoms with Gasteiger partial charge in [-0.25, -0.2) is 28.5 Å². The van der Waals surface area contributed by atoms with Crippen LogP contribution in [0.4, 0.5) is 4.39 Å². The number of aliphatic hydroxyl groups excluding tert-OH is 1. The van der Waals surface area contributed by atoms with Gasteiger partial charge in [-0.05, 0) is 23.7 Å². The monoisotopic (exact) mass is 778 g/mol. The lowest BCUT2D eigenvalue weighted by Crippen LogP contribution is -2.37. The summed E-state index contributed by atoms with van der Waals surface area (Å²) in [6.45, 7) is -10.1. The van der Waals surface area contributed by atoms with Crippen LogP contribution in [0.3, 0.4) is 0 Å². The fraction of sp³-hybridized carbons (Fsp3) is 0.455. The number of ether oxygens (including phenoxy) is 2. The molecule has 0 radical (unpaired) electrons. The van der Waals surface area contributed by atoms with E-state index in [1.807, 2.05) is 0 Å². The van der Waals surface area contributed by atoms with Crippen LogP contribution in [-0.4, -0.2) is 84.1 Å². The number of hydrogen-bond donors (Lipinski definition) is 4. The van der Waals surface area contributed by atoms with Gasteiger partial charge in [0.1, 0.15) is 30.5 Å². The number of imidazole rings is 2. The molecule has 2 N–H and O–H groups in total. The topological polar surface area (TPSA) is 191 Å². The van der Waals surface area contributed by atoms with Crippen molar-refractivity contribution in [2.45, 2.75) is 49.1 Å². The minimum Gasteiger partial charge on any atom is -0.386 e. The molecule has 7 rings (SSSR count). The second kappa shape index (κ2) is 12.2. The molecule has 10 atom stereocenters. The van der Waals surface area contributed by atoms with Crippen molar-refractivity contribution in [1.29, 1.82) is 0 Å². The summed E-state index contributed by atoms with van der Waals surface area (Å²) in [5, 5.41) is 11.6. The molecular weight excluding hydrogens is 760 g/mol. The van der Waals surface area contributed by atoms with Crippen molar-refractivity contribution < 1.29 is 46.2 Å². The summed E-state index contributed by atoms with van der Waals surface area (Å²) in [5.74, 6) is 0. The molecule has 6 unspecified atom stereocenters. The molecule has 3 saturated heterocycles. The SMILES string of the molecule is O=c1[nH]cnc2c1ncn2[C@@H]1O[C@@H]2COP(=O)(S)OC3C(O)[C@H](n4c(Cl)nc5cc(Cl)c(Cl)cc54)O[C@@H]3COP(=O)(S)OC2C1F. The van der Waals surface area contributed by atoms with Crippen molar-refractivity contribution in [3.05, 3.63) is 50.5 Å². The number of aromatic amines is 1. The Bertz CT molecular complexity index is 2010. The molecule has 0 saturated carbocycles. The smallest absolute Gasteiger partial charge is 0.386 e. The molecular formula is C22H20Cl3FN6O10P2S2. The molecule has 3 aliphatic heterocycles. The number of nitrogens with zero attached hydrogens (tertiary/aromatic N) is 5. The van der Waals surface area contributed by atoms with Gasteiger partial charge in [-0.1, -0.05) is 47.7 Å². The zero-order valence-corrected chi connectivity index (χ0v) is 28.3. The van der Waals surface area contributed by atoms with E-state index in [0.717, 1.165) is 17.2 Å². The van der Waals surface area contributed by atoms with Crippen LogP contribution in [-0.2, 0) is 36.7 Å². The number of thiol groups is 2. The second-order valence-electron chi connectivity index (χ2n) is 10.3. The zero-order valence-electron chi connectivity index (χ0n) is 22.5. The summed E-state index contributed by atoms with van der Waals surface area (Å²) in [5.41, 5.74) is -0.00905. The first-order valence-electron chi connectivity index (χ1n) is 13.1. The van der Waals surface area contributed by atoms with E-state index >= 15 is 4.39 Å². The van der Waals surface area contributed by atoms with E-state index in [9.17, 15) is 19.0 Å². The maximum Gasteiger partial charge on any atom is 0.386 e. The van der Waals surface area contributed by atoms with Crippen molar-refractivity contribution in [2.24, 2.45) is 0 Å². The second-order valence-corrected chi connectivity index (χ2v) is 17.2. The van der Waals surface area contributed by atoms with Gasteiger partial charge in [0, 0.05) is 0 Å². The highest BCUT2D eigenvalue weighted by Gasteiger charge is 2.54. The number of alkyl halides is 1. The Morgan fingerprint density at radius 3 is 2.33 bits per heavy atom. The lowest BCUT2D eigenvalue weighted by molar-refractivity contribution is -0.0553. The van der Waals surface area contributed by atoms with Crippen molar-refractivity contribution in [1.82, 2.24) is 29.1 Å². The molecule has 0 spiro atoms. The molecule has 1 aromatic carbocycles. The summed E-state index contributed by atoms with van der Waals surface area (Å²) in [7, 11) is 0. The third kappa shape index (κ3) is 5.96. The molecule has 16 nitrogen and oxygen atoms in total. The van der Waals surface area contributed by atoms with Crippen LogP contribution in [0.2, 0.25) is 15.3 Å². The average molecular weight is 780 g/mol. The molecule has 0 amide bonds. The summed E-state index contributed by atoms with van der Waals surface area (Å²) >= 11 is 26.7. The van der Waals surface area contributed by atoms with Crippen LogP contribution in [0.25, 0.3) is 22.2 Å². The van der Waals surface area contributed by atoms with Gasteiger partial charge < -0.3 is 19.6 Å². The molecule has 248 valence electrons. The van der Waals surface area contributed by atoms with Crippen molar-refractivity contribution in [2.75, 3.05) is 13.2 Å². The van der Waals surface area contributed by atoms with E-state index in [2.05, 4.69) is 44.4 Å². The fourth-order valence-corrected chi connectivity index (χ4v) is 9.00. The number of rotatable bonds is 2. The lowest BCUT2D eigenvalue weighted by Gasteiger charge is -2.28. The van der Waals surface area contributed by atoms with Crippen molar-refractivity contribution in [3.63, 3.8) is 0 Å². The van der Waals surface area contributed by atoms with Crippen LogP contribution in [0.15, 0.2) is 29.6 Å². The van der Waals surface area contributed by atoms with Gasteiger partial charge in [0.25, 0.3) is 5.56 Å². The van der Waals surface area contributed by atoms with Crippen LogP contribution in [0, 0.1) is 0 Å². The lowest BCUT2D eigenvalue weighted by atomic mass is 10.1. The minimum absolute atomic E-state index is 0.00667. The molecule has 3 fully saturated rings. The number of nitrogens with one attached hydrogen (secondary N) is 1. The van der Waals surface area contributed by atoms with Gasteiger partial charge in [0.05, 0.1) is 46.9 Å². The third-order valence-electron chi connectivity index (χ3n) is 7.47. The first-order chi connectivity index (χ1) is 21.7. The maximum atomic E-state index is 16.0. The molecule has 46 heavy (non-hydrogen) atoms. The number of hydrogen-bond acceptors (Lipinski definition) is 13. The number of benzene rings is 1. The maximum absolute atomic E-state index is 16.0. The Labute approximate surface area is 282 Å². The first-order valence-corrected chi connectivity index (χ1v) is 19.6. The highest BCUT2D eigenvalue weighted by atomic mass is 35.5. The number of aromatic nitrogens is 6. The molecule has 0 bridgehead atoms. The van der Waals surface area contributed by atoms with Crippen molar-refractivity contribution >= 4 is 95.1 Å². The first kappa shape index (κ1) is 33.2. The zero-order chi connectivity index (χ0) is 32.7. The Morgan fingerprint density at radius 2 is 1.61 bits per heavy atom. The van der Waals surface area contributed by atoms with Crippen LogP contribution >= 0.6 is 72.9 Å². The van der Waals surface area contributed by atoms with Crippen LogP contribution in [0.1, 0.15) is 12.5 Å². The average Bonchev–Trinajstić information content (AvgIpc) is 3.71. The Morgan fingerprint density at radius 1 is 0.978 bits per heavy atom. The summed E-state index contributed by atoms with van der Waals surface area (Å²) in [6, 6.07) is 2.92. The van der Waals surface area contributed by atoms with Crippen LogP contribution in [0.5, 0.6) is 0 Å². The molecule has 3 aromatic heterocycles. The predicted molar refractivity (Wildman–Crippen MR) is 166 cm³/mol. The van der Waals surface area contributed by atoms with Crippen molar-refractivity contribution in [3.8, 4) is 0 Å². The summed E-state index contributed by atoms with van der Waals surface area (Å²) < 4.78 is 79.1. The number of H-pyrrole nitrogens is 1. The van der Waals surface area contributed by atoms with Crippen LogP contribution < -0.4 is 5.56 Å². The van der Waals surface area contributed by atoms with E-state index in [0.29, 0.717) is 11.0 Å². The fourth-order valence-electron chi connectivity index (χ4n) is 5.43. The third-order valence-corrected chi connectivity index (χ3v) is 11.7. The quantitative estimate of drug-likeness (QED) is 0.164. The molecule has 6 heterocycles. The largest absolute Gasteiger partial charge is 0.386 e. The Balaban J connectivity index is 1.18. The number of aliphatic hydroxyl groups is 1. The van der Waals surface area contributed by atoms with Gasteiger partial charge in [-0.15, -0.1) is 0 Å². The highest BCUT2D eigenvalue weighted by Crippen LogP contribution is 2.60. The molecule has 0 aliphatic carbocycles. The van der Waals surface area contributed by atoms with E-state index in [-0.39, 0.29) is 26.5 Å². The van der Waals surface area contributed by atoms with Gasteiger partial charge in [-0.2, -0.15) is 0 Å². The predicted octanol–water partition coefficient (Wildman–Crippen LogP) is 4.52. The van der Waals surface area contributed by atoms with Gasteiger partial charge in [0.2, 0.25) is 5.28 Å². The normalized spacial score (nSPS) is 37.2. The highest BCUT2D eigenvalue weighted by molar-refractivity contribution is 8.44.